The number of phenols is 1. The van der Waals surface area contributed by atoms with Crippen molar-refractivity contribution < 1.29 is 9.90 Å². The number of nitrogens with one attached hydrogen (secondary N) is 1. The van der Waals surface area contributed by atoms with Crippen LogP contribution < -0.4 is 11.1 Å². The van der Waals surface area contributed by atoms with Gasteiger partial charge >= 0.3 is 0 Å². The molecule has 0 unspecified atom stereocenters. The Morgan fingerprint density at radius 2 is 2.10 bits per heavy atom. The van der Waals surface area contributed by atoms with Gasteiger partial charge in [-0.3, -0.25) is 4.79 Å². The average Bonchev–Trinajstić information content (AvgIpc) is 2.94. The number of aromatic hydroxyl groups is 1. The monoisotopic (exact) mass is 274 g/mol. The summed E-state index contributed by atoms with van der Waals surface area (Å²) in [5.74, 6) is 0.105. The lowest BCUT2D eigenvalue weighted by Crippen LogP contribution is -2.42. The van der Waals surface area contributed by atoms with Crippen molar-refractivity contribution in [1.29, 1.82) is 0 Å². The SMILES string of the molecule is N[C@H](Cc1ccc(O)cc1)C(=O)NCCC1=CCCC1. The molecule has 2 rings (SSSR count). The van der Waals surface area contributed by atoms with Gasteiger partial charge in [0.25, 0.3) is 0 Å². The first-order chi connectivity index (χ1) is 9.65. The average molecular weight is 274 g/mol. The van der Waals surface area contributed by atoms with E-state index in [-0.39, 0.29) is 11.7 Å². The molecule has 20 heavy (non-hydrogen) atoms. The Hall–Kier alpha value is -1.81. The summed E-state index contributed by atoms with van der Waals surface area (Å²) in [4.78, 5) is 11.9. The van der Waals surface area contributed by atoms with Crippen LogP contribution in [-0.2, 0) is 11.2 Å². The molecular formula is C16H22N2O2. The predicted molar refractivity (Wildman–Crippen MR) is 79.3 cm³/mol. The first-order valence-corrected chi connectivity index (χ1v) is 7.14. The number of allylic oxidation sites excluding steroid dienone is 1. The molecule has 0 aliphatic heterocycles. The predicted octanol–water partition coefficient (Wildman–Crippen LogP) is 1.88. The molecule has 1 amide bonds. The second-order valence-electron chi connectivity index (χ2n) is 5.27. The van der Waals surface area contributed by atoms with Crippen molar-refractivity contribution in [3.63, 3.8) is 0 Å². The van der Waals surface area contributed by atoms with Gasteiger partial charge in [-0.15, -0.1) is 0 Å². The Balaban J connectivity index is 1.72. The van der Waals surface area contributed by atoms with Gasteiger partial charge in [-0.1, -0.05) is 23.8 Å². The minimum atomic E-state index is -0.544. The molecule has 0 aromatic heterocycles. The fourth-order valence-electron chi connectivity index (χ4n) is 2.42. The van der Waals surface area contributed by atoms with Crippen LogP contribution in [0.1, 0.15) is 31.2 Å². The van der Waals surface area contributed by atoms with Gasteiger partial charge in [-0.05, 0) is 49.8 Å². The van der Waals surface area contributed by atoms with E-state index in [4.69, 9.17) is 5.73 Å². The first kappa shape index (κ1) is 14.6. The number of carbonyl (C=O) groups excluding carboxylic acids is 1. The lowest BCUT2D eigenvalue weighted by Gasteiger charge is -2.12. The van der Waals surface area contributed by atoms with Crippen LogP contribution in [0.15, 0.2) is 35.9 Å². The van der Waals surface area contributed by atoms with Crippen molar-refractivity contribution in [1.82, 2.24) is 5.32 Å². The number of nitrogens with two attached hydrogens (primary N) is 1. The molecule has 0 fully saturated rings. The fraction of sp³-hybridized carbons (Fsp3) is 0.438. The third kappa shape index (κ3) is 4.38. The first-order valence-electron chi connectivity index (χ1n) is 7.14. The second-order valence-corrected chi connectivity index (χ2v) is 5.27. The Kier molecular flexibility index (Phi) is 5.18. The van der Waals surface area contributed by atoms with Crippen LogP contribution in [0.3, 0.4) is 0 Å². The highest BCUT2D eigenvalue weighted by Crippen LogP contribution is 2.19. The molecule has 4 N–H and O–H groups in total. The van der Waals surface area contributed by atoms with Crippen molar-refractivity contribution in [2.45, 2.75) is 38.1 Å². The summed E-state index contributed by atoms with van der Waals surface area (Å²) in [7, 11) is 0. The van der Waals surface area contributed by atoms with E-state index in [2.05, 4.69) is 11.4 Å². The molecule has 1 aromatic carbocycles. The minimum absolute atomic E-state index is 0.114. The van der Waals surface area contributed by atoms with Gasteiger partial charge in [0.2, 0.25) is 5.91 Å². The highest BCUT2D eigenvalue weighted by atomic mass is 16.3. The molecule has 1 aromatic rings. The van der Waals surface area contributed by atoms with Gasteiger partial charge in [-0.2, -0.15) is 0 Å². The zero-order chi connectivity index (χ0) is 14.4. The van der Waals surface area contributed by atoms with Gasteiger partial charge in [0, 0.05) is 6.54 Å². The van der Waals surface area contributed by atoms with E-state index in [1.165, 1.54) is 18.4 Å². The zero-order valence-corrected chi connectivity index (χ0v) is 11.6. The summed E-state index contributed by atoms with van der Waals surface area (Å²) < 4.78 is 0. The minimum Gasteiger partial charge on any atom is -0.508 e. The maximum absolute atomic E-state index is 11.9. The molecule has 1 aliphatic carbocycles. The maximum atomic E-state index is 11.9. The van der Waals surface area contributed by atoms with Crippen molar-refractivity contribution in [2.24, 2.45) is 5.73 Å². The largest absolute Gasteiger partial charge is 0.508 e. The molecule has 0 saturated heterocycles. The van der Waals surface area contributed by atoms with Crippen LogP contribution in [0.4, 0.5) is 0 Å². The van der Waals surface area contributed by atoms with E-state index in [1.807, 2.05) is 0 Å². The van der Waals surface area contributed by atoms with E-state index in [1.54, 1.807) is 24.3 Å². The molecule has 0 spiro atoms. The number of carbonyl (C=O) groups is 1. The summed E-state index contributed by atoms with van der Waals surface area (Å²) in [5.41, 5.74) is 8.28. The molecule has 0 radical (unpaired) electrons. The van der Waals surface area contributed by atoms with E-state index >= 15 is 0 Å². The Labute approximate surface area is 119 Å². The highest BCUT2D eigenvalue weighted by molar-refractivity contribution is 5.81. The number of phenolic OH excluding ortho intramolecular Hbond substituents is 1. The number of hydrogen-bond acceptors (Lipinski definition) is 3. The molecule has 0 heterocycles. The van der Waals surface area contributed by atoms with Crippen molar-refractivity contribution in [3.05, 3.63) is 41.5 Å². The lowest BCUT2D eigenvalue weighted by atomic mass is 10.1. The van der Waals surface area contributed by atoms with Gasteiger partial charge in [0.15, 0.2) is 0 Å². The van der Waals surface area contributed by atoms with Gasteiger partial charge in [0.05, 0.1) is 6.04 Å². The molecule has 1 atom stereocenters. The van der Waals surface area contributed by atoms with Crippen LogP contribution >= 0.6 is 0 Å². The van der Waals surface area contributed by atoms with Crippen LogP contribution in [0.5, 0.6) is 5.75 Å². The van der Waals surface area contributed by atoms with Crippen LogP contribution in [0.2, 0.25) is 0 Å². The Morgan fingerprint density at radius 3 is 2.75 bits per heavy atom. The normalized spacial score (nSPS) is 15.8. The van der Waals surface area contributed by atoms with E-state index < -0.39 is 6.04 Å². The number of hydrogen-bond donors (Lipinski definition) is 3. The second kappa shape index (κ2) is 7.10. The van der Waals surface area contributed by atoms with E-state index in [9.17, 15) is 9.90 Å². The summed E-state index contributed by atoms with van der Waals surface area (Å²) >= 11 is 0. The quantitative estimate of drug-likeness (QED) is 0.693. The van der Waals surface area contributed by atoms with Crippen LogP contribution in [0.25, 0.3) is 0 Å². The molecule has 4 nitrogen and oxygen atoms in total. The van der Waals surface area contributed by atoms with Gasteiger partial charge in [0.1, 0.15) is 5.75 Å². The number of amides is 1. The highest BCUT2D eigenvalue weighted by Gasteiger charge is 2.14. The van der Waals surface area contributed by atoms with E-state index in [0.717, 1.165) is 18.4 Å². The molecule has 0 bridgehead atoms. The molecule has 108 valence electrons. The van der Waals surface area contributed by atoms with E-state index in [0.29, 0.717) is 13.0 Å². The third-order valence-electron chi connectivity index (χ3n) is 3.61. The topological polar surface area (TPSA) is 75.3 Å². The summed E-state index contributed by atoms with van der Waals surface area (Å²) in [6.45, 7) is 0.661. The fourth-order valence-corrected chi connectivity index (χ4v) is 2.42. The molecule has 0 saturated carbocycles. The van der Waals surface area contributed by atoms with Crippen LogP contribution in [-0.4, -0.2) is 23.6 Å². The lowest BCUT2D eigenvalue weighted by molar-refractivity contribution is -0.122. The van der Waals surface area contributed by atoms with Crippen molar-refractivity contribution >= 4 is 5.91 Å². The van der Waals surface area contributed by atoms with Gasteiger partial charge < -0.3 is 16.2 Å². The smallest absolute Gasteiger partial charge is 0.237 e. The molecular weight excluding hydrogens is 252 g/mol. The van der Waals surface area contributed by atoms with Crippen molar-refractivity contribution in [2.75, 3.05) is 6.54 Å². The Bertz CT molecular complexity index is 480. The molecule has 4 heteroatoms. The van der Waals surface area contributed by atoms with Crippen molar-refractivity contribution in [3.8, 4) is 5.75 Å². The molecule has 1 aliphatic rings. The number of benzene rings is 1. The summed E-state index contributed by atoms with van der Waals surface area (Å²) in [6.07, 6.45) is 7.25. The summed E-state index contributed by atoms with van der Waals surface area (Å²) in [6, 6.07) is 6.23. The standard InChI is InChI=1S/C16H22N2O2/c17-15(11-13-5-7-14(19)8-6-13)16(20)18-10-9-12-3-1-2-4-12/h3,5-8,15,19H,1-2,4,9-11,17H2,(H,18,20)/t15-/m1/s1. The number of rotatable bonds is 6. The maximum Gasteiger partial charge on any atom is 0.237 e. The third-order valence-corrected chi connectivity index (χ3v) is 3.61. The van der Waals surface area contributed by atoms with Crippen LogP contribution in [0, 0.1) is 0 Å². The van der Waals surface area contributed by atoms with Gasteiger partial charge in [-0.25, -0.2) is 0 Å². The summed E-state index contributed by atoms with van der Waals surface area (Å²) in [5, 5.41) is 12.1. The zero-order valence-electron chi connectivity index (χ0n) is 11.6. The Morgan fingerprint density at radius 1 is 1.35 bits per heavy atom.